The van der Waals surface area contributed by atoms with Gasteiger partial charge in [-0.25, -0.2) is 13.8 Å². The zero-order valence-corrected chi connectivity index (χ0v) is 16.3. The zero-order chi connectivity index (χ0) is 19.7. The summed E-state index contributed by atoms with van der Waals surface area (Å²) < 4.78 is 38.9. The number of carbonyl (C=O) groups excluding carboxylic acids is 1. The first-order valence-electron chi connectivity index (χ1n) is 9.33. The fourth-order valence-corrected chi connectivity index (χ4v) is 4.26. The van der Waals surface area contributed by atoms with Crippen molar-refractivity contribution in [3.8, 4) is 5.75 Å². The van der Waals surface area contributed by atoms with E-state index in [0.717, 1.165) is 16.7 Å². The molecule has 148 valence electrons. The normalized spacial score (nSPS) is 20.7. The van der Waals surface area contributed by atoms with Crippen LogP contribution >= 0.6 is 11.8 Å². The van der Waals surface area contributed by atoms with Gasteiger partial charge in [-0.1, -0.05) is 6.07 Å². The maximum absolute atomic E-state index is 14.4. The first-order chi connectivity index (χ1) is 13.5. The Morgan fingerprint density at radius 2 is 2.00 bits per heavy atom. The average Bonchev–Trinajstić information content (AvgIpc) is 3.59. The van der Waals surface area contributed by atoms with E-state index in [1.165, 1.54) is 32.1 Å². The fourth-order valence-electron chi connectivity index (χ4n) is 3.16. The molecule has 2 aromatic rings. The molecule has 4 nitrogen and oxygen atoms in total. The van der Waals surface area contributed by atoms with E-state index in [1.807, 2.05) is 12.1 Å². The molecule has 2 aliphatic carbocycles. The largest absolute Gasteiger partial charge is 0.481 e. The quantitative estimate of drug-likeness (QED) is 0.470. The summed E-state index contributed by atoms with van der Waals surface area (Å²) in [6, 6.07) is 8.05. The van der Waals surface area contributed by atoms with E-state index in [4.69, 9.17) is 4.74 Å². The highest BCUT2D eigenvalue weighted by molar-refractivity contribution is 7.99. The number of pyridine rings is 1. The molecule has 1 aromatic carbocycles. The monoisotopic (exact) mass is 405 g/mol. The summed E-state index contributed by atoms with van der Waals surface area (Å²) in [4.78, 5) is 16.0. The standard InChI is InChI=1S/C21H21F2NO3S/c1-26-21(25)16-9-15(16)13-7-17(22)20(18(23)8-13)27-10-14-3-2-4-19(24-14)28-11-12-5-6-12/h2-4,7-8,12,15-16H,5-6,9-11H2,1H3. The van der Waals surface area contributed by atoms with Crippen molar-refractivity contribution in [3.05, 3.63) is 53.2 Å². The summed E-state index contributed by atoms with van der Waals surface area (Å²) in [7, 11) is 1.31. The van der Waals surface area contributed by atoms with E-state index in [9.17, 15) is 13.6 Å². The van der Waals surface area contributed by atoms with E-state index < -0.39 is 17.4 Å². The molecule has 2 aliphatic rings. The third-order valence-electron chi connectivity index (χ3n) is 5.05. The first kappa shape index (κ1) is 19.2. The molecular weight excluding hydrogens is 384 g/mol. The summed E-state index contributed by atoms with van der Waals surface area (Å²) in [6.07, 6.45) is 3.11. The Labute approximate surface area is 166 Å². The van der Waals surface area contributed by atoms with Crippen LogP contribution in [-0.2, 0) is 16.1 Å². The van der Waals surface area contributed by atoms with Gasteiger partial charge in [0.15, 0.2) is 17.4 Å². The molecule has 1 aromatic heterocycles. The van der Waals surface area contributed by atoms with Gasteiger partial charge in [-0.3, -0.25) is 4.79 Å². The number of halogens is 2. The minimum atomic E-state index is -0.773. The number of hydrogen-bond acceptors (Lipinski definition) is 5. The zero-order valence-electron chi connectivity index (χ0n) is 15.5. The molecule has 2 saturated carbocycles. The van der Waals surface area contributed by atoms with Crippen molar-refractivity contribution in [2.75, 3.05) is 12.9 Å². The molecule has 0 radical (unpaired) electrons. The molecule has 0 amide bonds. The van der Waals surface area contributed by atoms with Gasteiger partial charge in [0.25, 0.3) is 0 Å². The maximum atomic E-state index is 14.4. The van der Waals surface area contributed by atoms with Gasteiger partial charge in [0, 0.05) is 5.75 Å². The highest BCUT2D eigenvalue weighted by atomic mass is 32.2. The Bertz CT molecular complexity index is 865. The van der Waals surface area contributed by atoms with Crippen LogP contribution < -0.4 is 4.74 Å². The van der Waals surface area contributed by atoms with Crippen LogP contribution in [0.3, 0.4) is 0 Å². The van der Waals surface area contributed by atoms with Crippen molar-refractivity contribution < 1.29 is 23.0 Å². The number of hydrogen-bond donors (Lipinski definition) is 0. The molecule has 4 rings (SSSR count). The van der Waals surface area contributed by atoms with E-state index in [1.54, 1.807) is 17.8 Å². The van der Waals surface area contributed by atoms with Crippen LogP contribution in [0.5, 0.6) is 5.75 Å². The molecule has 28 heavy (non-hydrogen) atoms. The number of thioether (sulfide) groups is 1. The molecule has 2 fully saturated rings. The van der Waals surface area contributed by atoms with Crippen LogP contribution in [0.2, 0.25) is 0 Å². The highest BCUT2D eigenvalue weighted by Gasteiger charge is 2.45. The Morgan fingerprint density at radius 3 is 2.68 bits per heavy atom. The molecule has 2 unspecified atom stereocenters. The van der Waals surface area contributed by atoms with E-state index in [2.05, 4.69) is 9.72 Å². The number of benzene rings is 1. The summed E-state index contributed by atoms with van der Waals surface area (Å²) in [5, 5.41) is 0.895. The fraction of sp³-hybridized carbons (Fsp3) is 0.429. The number of aromatic nitrogens is 1. The maximum Gasteiger partial charge on any atom is 0.309 e. The van der Waals surface area contributed by atoms with Crippen LogP contribution in [0.15, 0.2) is 35.4 Å². The smallest absolute Gasteiger partial charge is 0.309 e. The number of nitrogens with zero attached hydrogens (tertiary/aromatic N) is 1. The molecule has 2 atom stereocenters. The van der Waals surface area contributed by atoms with Gasteiger partial charge >= 0.3 is 5.97 Å². The van der Waals surface area contributed by atoms with E-state index in [0.29, 0.717) is 17.7 Å². The van der Waals surface area contributed by atoms with Gasteiger partial charge in [-0.15, -0.1) is 11.8 Å². The lowest BCUT2D eigenvalue weighted by molar-refractivity contribution is -0.142. The van der Waals surface area contributed by atoms with Gasteiger partial charge in [-0.05, 0) is 60.9 Å². The van der Waals surface area contributed by atoms with Crippen molar-refractivity contribution in [1.29, 1.82) is 0 Å². The predicted octanol–water partition coefficient (Wildman–Crippen LogP) is 4.72. The summed E-state index contributed by atoms with van der Waals surface area (Å²) in [5.74, 6) is -1.000. The number of esters is 1. The number of carbonyl (C=O) groups is 1. The van der Waals surface area contributed by atoms with Crippen molar-refractivity contribution in [2.45, 2.75) is 36.8 Å². The lowest BCUT2D eigenvalue weighted by Gasteiger charge is -2.11. The SMILES string of the molecule is COC(=O)C1CC1c1cc(F)c(OCc2cccc(SCC3CC3)n2)c(F)c1. The second-order valence-corrected chi connectivity index (χ2v) is 8.34. The number of rotatable bonds is 8. The predicted molar refractivity (Wildman–Crippen MR) is 101 cm³/mol. The van der Waals surface area contributed by atoms with Gasteiger partial charge in [0.1, 0.15) is 6.61 Å². The van der Waals surface area contributed by atoms with E-state index >= 15 is 0 Å². The van der Waals surface area contributed by atoms with Gasteiger partial charge in [0.2, 0.25) is 0 Å². The third-order valence-corrected chi connectivity index (χ3v) is 6.21. The molecule has 0 N–H and O–H groups in total. The van der Waals surface area contributed by atoms with Crippen molar-refractivity contribution in [3.63, 3.8) is 0 Å². The lowest BCUT2D eigenvalue weighted by Crippen LogP contribution is -2.05. The lowest BCUT2D eigenvalue weighted by atomic mass is 10.1. The Morgan fingerprint density at radius 1 is 1.25 bits per heavy atom. The van der Waals surface area contributed by atoms with Gasteiger partial charge in [0.05, 0.1) is 23.7 Å². The molecule has 0 bridgehead atoms. The average molecular weight is 405 g/mol. The topological polar surface area (TPSA) is 48.4 Å². The molecule has 0 aliphatic heterocycles. The van der Waals surface area contributed by atoms with E-state index in [-0.39, 0.29) is 24.4 Å². The molecule has 0 saturated heterocycles. The van der Waals surface area contributed by atoms with Crippen molar-refractivity contribution in [2.24, 2.45) is 11.8 Å². The first-order valence-corrected chi connectivity index (χ1v) is 10.3. The van der Waals surface area contributed by atoms with Crippen LogP contribution in [-0.4, -0.2) is 23.8 Å². The van der Waals surface area contributed by atoms with Crippen molar-refractivity contribution >= 4 is 17.7 Å². The molecular formula is C21H21F2NO3S. The van der Waals surface area contributed by atoms with Crippen LogP contribution in [0, 0.1) is 23.5 Å². The number of ether oxygens (including phenoxy) is 2. The Kier molecular flexibility index (Phi) is 5.53. The van der Waals surface area contributed by atoms with Crippen molar-refractivity contribution in [1.82, 2.24) is 4.98 Å². The second-order valence-electron chi connectivity index (χ2n) is 7.30. The Balaban J connectivity index is 1.39. The molecule has 0 spiro atoms. The summed E-state index contributed by atoms with van der Waals surface area (Å²) in [5.41, 5.74) is 1.07. The summed E-state index contributed by atoms with van der Waals surface area (Å²) in [6.45, 7) is -0.0147. The second kappa shape index (κ2) is 8.07. The van der Waals surface area contributed by atoms with Crippen LogP contribution in [0.1, 0.15) is 36.4 Å². The van der Waals surface area contributed by atoms with Crippen LogP contribution in [0.25, 0.3) is 0 Å². The molecule has 1 heterocycles. The van der Waals surface area contributed by atoms with Gasteiger partial charge in [-0.2, -0.15) is 0 Å². The van der Waals surface area contributed by atoms with Gasteiger partial charge < -0.3 is 9.47 Å². The Hall–Kier alpha value is -2.15. The molecule has 7 heteroatoms. The third kappa shape index (κ3) is 4.46. The highest BCUT2D eigenvalue weighted by Crippen LogP contribution is 2.49. The minimum Gasteiger partial charge on any atom is -0.481 e. The minimum absolute atomic E-state index is 0.0147. The summed E-state index contributed by atoms with van der Waals surface area (Å²) >= 11 is 1.70. The number of methoxy groups -OCH3 is 1. The van der Waals surface area contributed by atoms with Crippen LogP contribution in [0.4, 0.5) is 8.78 Å².